The van der Waals surface area contributed by atoms with E-state index in [2.05, 4.69) is 16.0 Å². The molecule has 0 fully saturated rings. The standard InChI is InChI=1S/C43H65N3O19.9Na.2H2O/c1-29(2)40(17-5-30(49)44-41(15-3-27-47,16-4-28-48)20-8-33(52)53,18-6-31(50)45-42(21-9-34(54)55,22-10-35(56)57)23-11-36(58)59)19-7-32(51)46-43(24-12-37(60)61,25-13-38(62)63)26-14-39(64)65;;;;;;;;;;;/h29H,3-26H2,1-2H3,(H,44,49)(H,45,50)(H,46,51)(H,52,53)(H,54,55)(H,56,57)(H,58,59)(H,60,61)(H,62,63)(H,64,65);;;;;;;;;;2*1H2/q-2;9*+1;;/p-9. The molecule has 0 aliphatic rings. The van der Waals surface area contributed by atoms with E-state index in [1.165, 1.54) is 0 Å². The molecule has 0 saturated carbocycles. The van der Waals surface area contributed by atoms with Crippen molar-refractivity contribution in [3.63, 3.8) is 0 Å². The smallest absolute Gasteiger partial charge is 0.870 e. The molecule has 0 aromatic rings. The van der Waals surface area contributed by atoms with Gasteiger partial charge in [0.1, 0.15) is 0 Å². The van der Waals surface area contributed by atoms with Crippen LogP contribution < -0.4 is 318 Å². The largest absolute Gasteiger partial charge is 1.00 e. The van der Waals surface area contributed by atoms with E-state index in [1.54, 1.807) is 26.4 Å². The van der Waals surface area contributed by atoms with E-state index in [4.69, 9.17) is 0 Å². The minimum Gasteiger partial charge on any atom is -0.870 e. The Bertz CT molecular complexity index is 1540. The number of rotatable bonds is 40. The van der Waals surface area contributed by atoms with E-state index < -0.39 is 184 Å². The van der Waals surface area contributed by atoms with E-state index in [0.29, 0.717) is 0 Å². The Labute approximate surface area is 643 Å². The molecule has 0 spiro atoms. The van der Waals surface area contributed by atoms with Crippen LogP contribution in [0, 0.1) is 11.3 Å². The minimum atomic E-state index is -1.71. The van der Waals surface area contributed by atoms with Gasteiger partial charge >= 0.3 is 266 Å². The minimum absolute atomic E-state index is 0. The van der Waals surface area contributed by atoms with Crippen molar-refractivity contribution < 1.29 is 370 Å². The summed E-state index contributed by atoms with van der Waals surface area (Å²) < 4.78 is 0. The van der Waals surface area contributed by atoms with Gasteiger partial charge in [0, 0.05) is 77.7 Å². The van der Waals surface area contributed by atoms with Crippen LogP contribution in [-0.2, 0) is 57.5 Å². The van der Waals surface area contributed by atoms with Crippen molar-refractivity contribution in [2.24, 2.45) is 11.3 Å². The van der Waals surface area contributed by atoms with Crippen LogP contribution in [0.25, 0.3) is 0 Å². The number of aliphatic carboxylic acids is 7. The molecule has 0 rings (SSSR count). The van der Waals surface area contributed by atoms with Gasteiger partial charge in [0.25, 0.3) is 0 Å². The van der Waals surface area contributed by atoms with Crippen LogP contribution in [0.4, 0.5) is 0 Å². The number of carbonyl (C=O) groups excluding carboxylic acids is 12. The van der Waals surface area contributed by atoms with Gasteiger partial charge in [0.15, 0.2) is 0 Å². The number of hydrogen-bond donors (Lipinski definition) is 3. The van der Waals surface area contributed by atoms with Crippen molar-refractivity contribution in [2.45, 2.75) is 185 Å². The van der Waals surface area contributed by atoms with Crippen LogP contribution in [0.5, 0.6) is 0 Å². The zero-order chi connectivity index (χ0) is 49.9. The quantitative estimate of drug-likeness (QED) is 0.0379. The molecule has 24 nitrogen and oxygen atoms in total. The molecule has 0 radical (unpaired) electrons. The van der Waals surface area contributed by atoms with E-state index >= 15 is 0 Å². The van der Waals surface area contributed by atoms with Crippen LogP contribution in [-0.4, -0.2) is 99.6 Å². The van der Waals surface area contributed by atoms with Gasteiger partial charge in [-0.1, -0.05) is 26.7 Å². The summed E-state index contributed by atoms with van der Waals surface area (Å²) in [5, 5.41) is 88.0. The molecule has 3 amide bonds. The zero-order valence-corrected chi connectivity index (χ0v) is 64.7. The molecule has 0 heterocycles. The first kappa shape index (κ1) is 107. The topological polar surface area (TPSA) is 462 Å². The van der Waals surface area contributed by atoms with Crippen molar-refractivity contribution in [3.8, 4) is 0 Å². The summed E-state index contributed by atoms with van der Waals surface area (Å²) in [5.41, 5.74) is -6.02. The van der Waals surface area contributed by atoms with Crippen molar-refractivity contribution in [2.75, 3.05) is 0 Å². The normalized spacial score (nSPS) is 10.1. The summed E-state index contributed by atoms with van der Waals surface area (Å²) in [5.74, 6) is -13.8. The number of carboxylic acids is 7. The molecule has 5 N–H and O–H groups in total. The van der Waals surface area contributed by atoms with Crippen LogP contribution in [0.3, 0.4) is 0 Å². The van der Waals surface area contributed by atoms with E-state index in [9.17, 15) is 93.3 Å². The van der Waals surface area contributed by atoms with Gasteiger partial charge in [-0.15, -0.1) is 0 Å². The van der Waals surface area contributed by atoms with E-state index in [1.807, 2.05) is 0 Å². The van der Waals surface area contributed by atoms with Crippen LogP contribution in [0.15, 0.2) is 0 Å². The van der Waals surface area contributed by atoms with Crippen molar-refractivity contribution in [1.29, 1.82) is 0 Å². The fourth-order valence-corrected chi connectivity index (χ4v) is 8.06. The Kier molecular flexibility index (Phi) is 82.2. The first-order valence-corrected chi connectivity index (χ1v) is 21.3. The fourth-order valence-electron chi connectivity index (χ4n) is 8.06. The SMILES string of the molecule is CC(C)C(CCC(=O)NC(CC[C-]=O)(CC[C-]=O)CCC(=O)[O-])(CCC(=O)NC(CCC(=O)[O-])(CCC(=O)[O-])CCC(=O)[O-])CCC(=O)NC(CCC(=O)[O-])(CCC(=O)[O-])CCC(=O)[O-].[Na+].[Na+].[Na+].[Na+].[Na+].[Na+].[Na+].[Na+].[Na+].[OH-].[OH-]. The summed E-state index contributed by atoms with van der Waals surface area (Å²) in [4.78, 5) is 144. The molecule has 0 aromatic heterocycles. The molecule has 0 atom stereocenters. The summed E-state index contributed by atoms with van der Waals surface area (Å²) in [6.45, 7) is 3.37. The van der Waals surface area contributed by atoms with Gasteiger partial charge in [-0.3, -0.25) is 27.0 Å². The molecular weight excluding hydrogens is 1100 g/mol. The van der Waals surface area contributed by atoms with Crippen LogP contribution in [0.1, 0.15) is 168 Å². The van der Waals surface area contributed by atoms with Gasteiger partial charge in [-0.25, -0.2) is 0 Å². The maximum absolute atomic E-state index is 13.8. The average Bonchev–Trinajstić information content (AvgIpc) is 3.21. The third kappa shape index (κ3) is 50.3. The predicted octanol–water partition coefficient (Wildman–Crippen LogP) is -33.3. The second-order valence-corrected chi connectivity index (χ2v) is 16.9. The third-order valence-electron chi connectivity index (χ3n) is 12.1. The number of amides is 3. The number of hydrogen-bond acceptors (Lipinski definition) is 21. The molecule has 0 unspecified atom stereocenters. The molecule has 0 aliphatic heterocycles. The van der Waals surface area contributed by atoms with Crippen LogP contribution >= 0.6 is 0 Å². The van der Waals surface area contributed by atoms with Crippen LogP contribution in [0.2, 0.25) is 0 Å². The first-order chi connectivity index (χ1) is 30.3. The van der Waals surface area contributed by atoms with Gasteiger partial charge < -0.3 is 106 Å². The Hall–Kier alpha value is 2.96. The first-order valence-electron chi connectivity index (χ1n) is 21.3. The Morgan fingerprint density at radius 3 is 0.645 bits per heavy atom. The molecule has 0 aromatic carbocycles. The molecule has 33 heteroatoms. The molecule has 0 bridgehead atoms. The number of nitrogens with one attached hydrogen (secondary N) is 3. The van der Waals surface area contributed by atoms with E-state index in [0.717, 1.165) is 0 Å². The van der Waals surface area contributed by atoms with Gasteiger partial charge in [-0.2, -0.15) is 12.8 Å². The second kappa shape index (κ2) is 58.3. The summed E-state index contributed by atoms with van der Waals surface area (Å²) >= 11 is 0. The average molecular weight is 1160 g/mol. The van der Waals surface area contributed by atoms with Crippen molar-refractivity contribution in [1.82, 2.24) is 16.0 Å². The Morgan fingerprint density at radius 1 is 0.329 bits per heavy atom. The Balaban J connectivity index is -0.000000372. The molecular formula is C43H60N3Na9O21-2. The summed E-state index contributed by atoms with van der Waals surface area (Å²) in [7, 11) is 0. The van der Waals surface area contributed by atoms with Crippen molar-refractivity contribution in [3.05, 3.63) is 0 Å². The maximum atomic E-state index is 13.8. The zero-order valence-electron chi connectivity index (χ0n) is 46.7. The second-order valence-electron chi connectivity index (χ2n) is 16.9. The van der Waals surface area contributed by atoms with Crippen molar-refractivity contribution >= 4 is 72.1 Å². The van der Waals surface area contributed by atoms with Gasteiger partial charge in [0.05, 0.1) is 0 Å². The number of carboxylic acid groups (broad SMARTS) is 7. The third-order valence-corrected chi connectivity index (χ3v) is 12.1. The molecule has 384 valence electrons. The summed E-state index contributed by atoms with van der Waals surface area (Å²) in [6.07, 6.45) is -6.86. The molecule has 76 heavy (non-hydrogen) atoms. The Morgan fingerprint density at radius 2 is 0.500 bits per heavy atom. The molecule has 0 aliphatic carbocycles. The molecule has 0 saturated heterocycles. The predicted molar refractivity (Wildman–Crippen MR) is 211 cm³/mol. The maximum Gasteiger partial charge on any atom is 1.00 e. The monoisotopic (exact) mass is 1160 g/mol. The summed E-state index contributed by atoms with van der Waals surface area (Å²) in [6, 6.07) is 0. The van der Waals surface area contributed by atoms with Gasteiger partial charge in [-0.05, 0) is 120 Å². The number of carbonyl (C=O) groups is 10. The van der Waals surface area contributed by atoms with Gasteiger partial charge in [0.2, 0.25) is 17.7 Å². The fraction of sp³-hybridized carbons (Fsp3) is 0.721. The van der Waals surface area contributed by atoms with E-state index in [-0.39, 0.29) is 335 Å².